The van der Waals surface area contributed by atoms with Gasteiger partial charge in [0.15, 0.2) is 5.82 Å². The number of aryl methyl sites for hydroxylation is 1. The van der Waals surface area contributed by atoms with Crippen LogP contribution in [-0.4, -0.2) is 55.6 Å². The van der Waals surface area contributed by atoms with E-state index in [0.717, 1.165) is 23.1 Å². The number of halogens is 8. The highest BCUT2D eigenvalue weighted by molar-refractivity contribution is 6.10. The zero-order chi connectivity index (χ0) is 37.6. The van der Waals surface area contributed by atoms with Gasteiger partial charge in [-0.1, -0.05) is 0 Å². The number of carbonyl (C=O) groups is 1. The van der Waals surface area contributed by atoms with Gasteiger partial charge in [0.25, 0.3) is 11.8 Å². The van der Waals surface area contributed by atoms with Crippen LogP contribution in [-0.2, 0) is 32.5 Å². The Hall–Kier alpha value is -5.11. The number of hydrogen-bond donors (Lipinski definition) is 1. The van der Waals surface area contributed by atoms with Gasteiger partial charge in [-0.2, -0.15) is 31.6 Å². The lowest BCUT2D eigenvalue weighted by Gasteiger charge is -2.37. The van der Waals surface area contributed by atoms with Crippen molar-refractivity contribution < 1.29 is 39.9 Å². The van der Waals surface area contributed by atoms with Crippen molar-refractivity contribution in [2.45, 2.75) is 70.0 Å². The van der Waals surface area contributed by atoms with Crippen molar-refractivity contribution in [3.05, 3.63) is 76.6 Å². The maximum atomic E-state index is 14.5. The van der Waals surface area contributed by atoms with Gasteiger partial charge in [0.05, 0.1) is 23.7 Å². The zero-order valence-electron chi connectivity index (χ0n) is 27.9. The van der Waals surface area contributed by atoms with Crippen LogP contribution in [0.2, 0.25) is 0 Å². The first-order valence-corrected chi connectivity index (χ1v) is 16.3. The summed E-state index contributed by atoms with van der Waals surface area (Å²) in [5.41, 5.74) is -2.02. The molecule has 1 fully saturated rings. The molecule has 2 aromatic carbocycles. The number of piperidine rings is 1. The largest absolute Gasteiger partial charge is 0.416 e. The highest BCUT2D eigenvalue weighted by Gasteiger charge is 2.42. The summed E-state index contributed by atoms with van der Waals surface area (Å²) < 4.78 is 115. The van der Waals surface area contributed by atoms with E-state index >= 15 is 0 Å². The van der Waals surface area contributed by atoms with Crippen LogP contribution in [0.5, 0.6) is 0 Å². The van der Waals surface area contributed by atoms with E-state index in [2.05, 4.69) is 20.5 Å². The molecule has 274 valence electrons. The summed E-state index contributed by atoms with van der Waals surface area (Å²) in [6, 6.07) is 9.45. The molecule has 0 aliphatic carbocycles. The van der Waals surface area contributed by atoms with Crippen molar-refractivity contribution in [2.24, 2.45) is 7.05 Å². The number of rotatable bonds is 9. The fraction of sp³-hybridized carbons (Fsp3) is 0.400. The number of fused-ring (bicyclic) bond motifs is 1. The number of pyridine rings is 1. The Morgan fingerprint density at radius 2 is 1.79 bits per heavy atom. The summed E-state index contributed by atoms with van der Waals surface area (Å²) in [6.45, 7) is 1.12. The predicted molar refractivity (Wildman–Crippen MR) is 174 cm³/mol. The van der Waals surface area contributed by atoms with Gasteiger partial charge in [-0.15, -0.1) is 10.2 Å². The van der Waals surface area contributed by atoms with Gasteiger partial charge in [-0.05, 0) is 78.1 Å². The summed E-state index contributed by atoms with van der Waals surface area (Å²) in [4.78, 5) is 21.1. The molecule has 17 heteroatoms. The second-order valence-corrected chi connectivity index (χ2v) is 13.0. The third-order valence-electron chi connectivity index (χ3n) is 9.24. The van der Waals surface area contributed by atoms with Crippen molar-refractivity contribution in [1.82, 2.24) is 24.6 Å². The predicted octanol–water partition coefficient (Wildman–Crippen LogP) is 8.08. The van der Waals surface area contributed by atoms with Gasteiger partial charge in [0.2, 0.25) is 0 Å². The normalized spacial score (nSPS) is 17.7. The first-order valence-electron chi connectivity index (χ1n) is 16.3. The van der Waals surface area contributed by atoms with Crippen LogP contribution in [0, 0.1) is 11.3 Å². The van der Waals surface area contributed by atoms with Crippen molar-refractivity contribution in [3.63, 3.8) is 0 Å². The summed E-state index contributed by atoms with van der Waals surface area (Å²) in [7, 11) is 1.60. The fourth-order valence-corrected chi connectivity index (χ4v) is 6.62. The molecule has 0 radical (unpaired) electrons. The van der Waals surface area contributed by atoms with E-state index in [1.807, 2.05) is 6.07 Å². The SMILES string of the molecule is CC1CC(F)(F)CCN1Cc1cc2c(c(C(F)(F)F)c1)CN(c1cc(-c3cc(C(F)(F)F)ccc3-c3nncn3C)cc(NCCCC#N)n1)C2=O. The number of nitrogens with one attached hydrogen (secondary N) is 1. The van der Waals surface area contributed by atoms with Crippen LogP contribution in [0.25, 0.3) is 22.5 Å². The van der Waals surface area contributed by atoms with Gasteiger partial charge < -0.3 is 9.88 Å². The average molecular weight is 733 g/mol. The number of nitrogens with zero attached hydrogens (tertiary/aromatic N) is 7. The maximum absolute atomic E-state index is 14.5. The van der Waals surface area contributed by atoms with Crippen LogP contribution in [0.15, 0.2) is 48.8 Å². The number of likely N-dealkylation sites (tertiary alicyclic amines) is 1. The van der Waals surface area contributed by atoms with Crippen molar-refractivity contribution in [1.29, 1.82) is 5.26 Å². The summed E-state index contributed by atoms with van der Waals surface area (Å²) in [6.07, 6.45) is -8.56. The quantitative estimate of drug-likeness (QED) is 0.137. The lowest BCUT2D eigenvalue weighted by atomic mass is 9.96. The van der Waals surface area contributed by atoms with Gasteiger partial charge >= 0.3 is 12.4 Å². The molecule has 0 saturated carbocycles. The zero-order valence-corrected chi connectivity index (χ0v) is 27.9. The Morgan fingerprint density at radius 3 is 2.44 bits per heavy atom. The number of benzene rings is 2. The maximum Gasteiger partial charge on any atom is 0.416 e. The van der Waals surface area contributed by atoms with Crippen LogP contribution in [0.1, 0.15) is 65.2 Å². The molecule has 2 aromatic heterocycles. The Balaban J connectivity index is 1.44. The van der Waals surface area contributed by atoms with Crippen molar-refractivity contribution in [3.8, 4) is 28.6 Å². The molecule has 0 bridgehead atoms. The number of amides is 1. The van der Waals surface area contributed by atoms with Gasteiger partial charge in [0.1, 0.15) is 18.0 Å². The Bertz CT molecular complexity index is 2030. The van der Waals surface area contributed by atoms with Crippen LogP contribution < -0.4 is 10.2 Å². The minimum atomic E-state index is -4.87. The van der Waals surface area contributed by atoms with Crippen molar-refractivity contribution in [2.75, 3.05) is 23.3 Å². The topological polar surface area (TPSA) is 103 Å². The molecule has 52 heavy (non-hydrogen) atoms. The molecule has 1 unspecified atom stereocenters. The molecule has 9 nitrogen and oxygen atoms in total. The van der Waals surface area contributed by atoms with E-state index in [1.54, 1.807) is 18.9 Å². The number of anilines is 2. The number of unbranched alkanes of at least 4 members (excludes halogenated alkanes) is 1. The smallest absolute Gasteiger partial charge is 0.370 e. The summed E-state index contributed by atoms with van der Waals surface area (Å²) in [5.74, 6) is -3.51. The molecule has 1 atom stereocenters. The third-order valence-corrected chi connectivity index (χ3v) is 9.24. The number of carbonyl (C=O) groups excluding carboxylic acids is 1. The summed E-state index contributed by atoms with van der Waals surface area (Å²) >= 11 is 0. The molecule has 1 saturated heterocycles. The highest BCUT2D eigenvalue weighted by atomic mass is 19.4. The first kappa shape index (κ1) is 36.7. The molecule has 4 aromatic rings. The number of aromatic nitrogens is 4. The molecule has 2 aliphatic rings. The Morgan fingerprint density at radius 1 is 1.02 bits per heavy atom. The Kier molecular flexibility index (Phi) is 9.73. The van der Waals surface area contributed by atoms with E-state index < -0.39 is 60.7 Å². The minimum Gasteiger partial charge on any atom is -0.370 e. The second-order valence-electron chi connectivity index (χ2n) is 13.0. The lowest BCUT2D eigenvalue weighted by Crippen LogP contribution is -2.44. The Labute approximate surface area is 292 Å². The summed E-state index contributed by atoms with van der Waals surface area (Å²) in [5, 5.41) is 19.9. The highest BCUT2D eigenvalue weighted by Crippen LogP contribution is 2.43. The van der Waals surface area contributed by atoms with Crippen LogP contribution >= 0.6 is 0 Å². The van der Waals surface area contributed by atoms with Crippen LogP contribution in [0.4, 0.5) is 46.8 Å². The third kappa shape index (κ3) is 7.57. The van der Waals surface area contributed by atoms with E-state index in [4.69, 9.17) is 5.26 Å². The molecular weight excluding hydrogens is 700 g/mol. The molecule has 4 heterocycles. The molecule has 1 amide bonds. The molecule has 2 aliphatic heterocycles. The molecule has 1 N–H and O–H groups in total. The standard InChI is InChI=1S/C35H32F8N8O/c1-20-16-33(36,37)7-10-50(20)17-21-11-26-27(28(12-21)35(41,42)43)18-51(32(26)52)30-14-22(13-29(47-30)45-9-4-3-8-44)25-15-23(34(38,39)40)5-6-24(25)31-48-46-19-49(31)2/h5-6,11-15,19-20H,3-4,7,9-10,16-18H2,1-2H3,(H,45,47). The first-order chi connectivity index (χ1) is 24.4. The monoisotopic (exact) mass is 732 g/mol. The second kappa shape index (κ2) is 13.8. The molecular formula is C35H32F8N8O. The lowest BCUT2D eigenvalue weighted by molar-refractivity contribution is -0.138. The minimum absolute atomic E-state index is 0.0401. The van der Waals surface area contributed by atoms with Crippen LogP contribution in [0.3, 0.4) is 0 Å². The average Bonchev–Trinajstić information content (AvgIpc) is 3.65. The number of hydrogen-bond acceptors (Lipinski definition) is 7. The van der Waals surface area contributed by atoms with Gasteiger partial charge in [0, 0.05) is 63.1 Å². The number of nitriles is 1. The number of alkyl halides is 8. The van der Waals surface area contributed by atoms with E-state index in [-0.39, 0.29) is 76.9 Å². The van der Waals surface area contributed by atoms with E-state index in [9.17, 15) is 39.9 Å². The molecule has 0 spiro atoms. The van der Waals surface area contributed by atoms with E-state index in [1.165, 1.54) is 35.2 Å². The van der Waals surface area contributed by atoms with Gasteiger partial charge in [-0.3, -0.25) is 14.6 Å². The fourth-order valence-electron chi connectivity index (χ4n) is 6.62. The van der Waals surface area contributed by atoms with Crippen molar-refractivity contribution >= 4 is 17.5 Å². The molecule has 6 rings (SSSR count). The van der Waals surface area contributed by atoms with Gasteiger partial charge in [-0.25, -0.2) is 13.8 Å². The van der Waals surface area contributed by atoms with E-state index in [0.29, 0.717) is 6.42 Å².